The van der Waals surface area contributed by atoms with Crippen LogP contribution in [0.15, 0.2) is 28.7 Å². The zero-order valence-corrected chi connectivity index (χ0v) is 11.9. The molecule has 5 heteroatoms. The third-order valence-corrected chi connectivity index (χ3v) is 3.48. The molecule has 1 heterocycles. The highest BCUT2D eigenvalue weighted by atomic mass is 79.9. The lowest BCUT2D eigenvalue weighted by molar-refractivity contribution is 0.146. The van der Waals surface area contributed by atoms with E-state index in [0.717, 1.165) is 30.7 Å². The second-order valence-electron chi connectivity index (χ2n) is 4.24. The minimum absolute atomic E-state index is 0. The van der Waals surface area contributed by atoms with Crippen LogP contribution in [0.3, 0.4) is 0 Å². The molecule has 2 rings (SSSR count). The van der Waals surface area contributed by atoms with E-state index in [2.05, 4.69) is 38.7 Å². The van der Waals surface area contributed by atoms with E-state index in [1.54, 1.807) is 0 Å². The van der Waals surface area contributed by atoms with Crippen molar-refractivity contribution < 1.29 is 5.11 Å². The van der Waals surface area contributed by atoms with Crippen LogP contribution in [0, 0.1) is 5.92 Å². The van der Waals surface area contributed by atoms with Crippen molar-refractivity contribution >= 4 is 28.3 Å². The van der Waals surface area contributed by atoms with Gasteiger partial charge in [0.2, 0.25) is 0 Å². The van der Waals surface area contributed by atoms with Gasteiger partial charge < -0.3 is 15.7 Å². The number of aliphatic hydroxyl groups excluding tert-OH is 1. The molecule has 3 N–H and O–H groups in total. The molecule has 0 radical (unpaired) electrons. The maximum absolute atomic E-state index is 9.61. The van der Waals surface area contributed by atoms with Crippen LogP contribution in [0.4, 0.5) is 0 Å². The quantitative estimate of drug-likeness (QED) is 0.788. The Morgan fingerprint density at radius 3 is 2.59 bits per heavy atom. The molecule has 0 saturated carbocycles. The average Bonchev–Trinajstić information content (AvgIpc) is 2.68. The molecule has 0 aromatic heterocycles. The third kappa shape index (κ3) is 4.56. The molecular weight excluding hydrogens is 304 g/mol. The van der Waals surface area contributed by atoms with E-state index in [1.165, 1.54) is 5.56 Å². The molecule has 96 valence electrons. The second-order valence-corrected chi connectivity index (χ2v) is 5.16. The number of β-amino-alcohol motifs (C(OH)–C–C–N with tert-alkyl or cyclic N) is 1. The SMILES string of the molecule is Cl.OC1CNCC1CNCc1ccc(Br)cc1. The average molecular weight is 322 g/mol. The van der Waals surface area contributed by atoms with Crippen molar-refractivity contribution in [2.24, 2.45) is 5.92 Å². The molecule has 1 aliphatic rings. The fourth-order valence-electron chi connectivity index (χ4n) is 1.93. The number of aliphatic hydroxyl groups is 1. The summed E-state index contributed by atoms with van der Waals surface area (Å²) in [6, 6.07) is 8.28. The van der Waals surface area contributed by atoms with Crippen molar-refractivity contribution in [1.82, 2.24) is 10.6 Å². The first-order valence-corrected chi connectivity index (χ1v) is 6.39. The summed E-state index contributed by atoms with van der Waals surface area (Å²) < 4.78 is 1.10. The number of hydrogen-bond donors (Lipinski definition) is 3. The van der Waals surface area contributed by atoms with Crippen molar-refractivity contribution in [3.8, 4) is 0 Å². The van der Waals surface area contributed by atoms with Gasteiger partial charge in [0.05, 0.1) is 6.10 Å². The summed E-state index contributed by atoms with van der Waals surface area (Å²) in [5.74, 6) is 0.343. The lowest BCUT2D eigenvalue weighted by Crippen LogP contribution is -2.30. The second kappa shape index (κ2) is 7.34. The zero-order chi connectivity index (χ0) is 11.4. The monoisotopic (exact) mass is 320 g/mol. The van der Waals surface area contributed by atoms with Crippen molar-refractivity contribution in [3.63, 3.8) is 0 Å². The smallest absolute Gasteiger partial charge is 0.0716 e. The van der Waals surface area contributed by atoms with Gasteiger partial charge in [0.1, 0.15) is 0 Å². The molecule has 0 amide bonds. The van der Waals surface area contributed by atoms with E-state index < -0.39 is 0 Å². The number of hydrogen-bond acceptors (Lipinski definition) is 3. The topological polar surface area (TPSA) is 44.3 Å². The Labute approximate surface area is 117 Å². The predicted molar refractivity (Wildman–Crippen MR) is 75.5 cm³/mol. The molecular formula is C12H18BrClN2O. The predicted octanol–water partition coefficient (Wildman–Crippen LogP) is 1.54. The van der Waals surface area contributed by atoms with Crippen molar-refractivity contribution in [1.29, 1.82) is 0 Å². The molecule has 0 aliphatic carbocycles. The Balaban J connectivity index is 0.00000144. The van der Waals surface area contributed by atoms with Gasteiger partial charge in [0, 0.05) is 36.6 Å². The molecule has 0 spiro atoms. The van der Waals surface area contributed by atoms with Crippen LogP contribution in [0.5, 0.6) is 0 Å². The molecule has 3 nitrogen and oxygen atoms in total. The molecule has 2 unspecified atom stereocenters. The van der Waals surface area contributed by atoms with Gasteiger partial charge in [-0.1, -0.05) is 28.1 Å². The minimum atomic E-state index is -0.197. The van der Waals surface area contributed by atoms with Gasteiger partial charge in [-0.05, 0) is 17.7 Å². The van der Waals surface area contributed by atoms with Crippen LogP contribution in [0.2, 0.25) is 0 Å². The Kier molecular flexibility index (Phi) is 6.44. The van der Waals surface area contributed by atoms with Gasteiger partial charge in [-0.2, -0.15) is 0 Å². The number of rotatable bonds is 4. The molecule has 1 saturated heterocycles. The number of halogens is 2. The van der Waals surface area contributed by atoms with Crippen LogP contribution in [0.25, 0.3) is 0 Å². The lowest BCUT2D eigenvalue weighted by Gasteiger charge is -2.14. The maximum Gasteiger partial charge on any atom is 0.0716 e. The normalized spacial score (nSPS) is 23.4. The molecule has 1 aromatic rings. The highest BCUT2D eigenvalue weighted by Crippen LogP contribution is 2.11. The Bertz CT molecular complexity index is 334. The molecule has 2 atom stereocenters. The number of nitrogens with one attached hydrogen (secondary N) is 2. The van der Waals surface area contributed by atoms with Gasteiger partial charge >= 0.3 is 0 Å². The molecule has 0 bridgehead atoms. The summed E-state index contributed by atoms with van der Waals surface area (Å²) in [4.78, 5) is 0. The van der Waals surface area contributed by atoms with Crippen LogP contribution in [-0.4, -0.2) is 30.8 Å². The van der Waals surface area contributed by atoms with Gasteiger partial charge in [-0.25, -0.2) is 0 Å². The Morgan fingerprint density at radius 2 is 2.00 bits per heavy atom. The van der Waals surface area contributed by atoms with E-state index in [0.29, 0.717) is 5.92 Å². The summed E-state index contributed by atoms with van der Waals surface area (Å²) in [6.07, 6.45) is -0.197. The van der Waals surface area contributed by atoms with Crippen molar-refractivity contribution in [2.75, 3.05) is 19.6 Å². The standard InChI is InChI=1S/C12H17BrN2O.ClH/c13-11-3-1-9(2-4-11)5-14-6-10-7-15-8-12(10)16;/h1-4,10,12,14-16H,5-8H2;1H. The van der Waals surface area contributed by atoms with E-state index in [9.17, 15) is 5.11 Å². The molecule has 1 fully saturated rings. The minimum Gasteiger partial charge on any atom is -0.391 e. The summed E-state index contributed by atoms with van der Waals surface area (Å²) in [7, 11) is 0. The van der Waals surface area contributed by atoms with E-state index in [4.69, 9.17) is 0 Å². The fraction of sp³-hybridized carbons (Fsp3) is 0.500. The van der Waals surface area contributed by atoms with Gasteiger partial charge in [-0.3, -0.25) is 0 Å². The number of benzene rings is 1. The first-order valence-electron chi connectivity index (χ1n) is 5.59. The third-order valence-electron chi connectivity index (χ3n) is 2.95. The van der Waals surface area contributed by atoms with Gasteiger partial charge in [0.15, 0.2) is 0 Å². The highest BCUT2D eigenvalue weighted by Gasteiger charge is 2.23. The summed E-state index contributed by atoms with van der Waals surface area (Å²) in [5, 5.41) is 16.2. The highest BCUT2D eigenvalue weighted by molar-refractivity contribution is 9.10. The van der Waals surface area contributed by atoms with Crippen LogP contribution >= 0.6 is 28.3 Å². The molecule has 17 heavy (non-hydrogen) atoms. The molecule has 1 aliphatic heterocycles. The lowest BCUT2D eigenvalue weighted by atomic mass is 10.1. The van der Waals surface area contributed by atoms with E-state index >= 15 is 0 Å². The Hall–Kier alpha value is -0.130. The summed E-state index contributed by atoms with van der Waals surface area (Å²) in [6.45, 7) is 3.36. The van der Waals surface area contributed by atoms with Crippen LogP contribution in [0.1, 0.15) is 5.56 Å². The first-order chi connectivity index (χ1) is 7.75. The van der Waals surface area contributed by atoms with Crippen molar-refractivity contribution in [2.45, 2.75) is 12.6 Å². The summed E-state index contributed by atoms with van der Waals surface area (Å²) in [5.41, 5.74) is 1.27. The first kappa shape index (κ1) is 14.9. The maximum atomic E-state index is 9.61. The Morgan fingerprint density at radius 1 is 1.29 bits per heavy atom. The largest absolute Gasteiger partial charge is 0.391 e. The van der Waals surface area contributed by atoms with Crippen molar-refractivity contribution in [3.05, 3.63) is 34.3 Å². The van der Waals surface area contributed by atoms with E-state index in [-0.39, 0.29) is 18.5 Å². The van der Waals surface area contributed by atoms with E-state index in [1.807, 2.05) is 12.1 Å². The van der Waals surface area contributed by atoms with Gasteiger partial charge in [0.25, 0.3) is 0 Å². The fourth-order valence-corrected chi connectivity index (χ4v) is 2.20. The summed E-state index contributed by atoms with van der Waals surface area (Å²) >= 11 is 3.41. The van der Waals surface area contributed by atoms with Gasteiger partial charge in [-0.15, -0.1) is 12.4 Å². The molecule has 1 aromatic carbocycles. The van der Waals surface area contributed by atoms with Crippen LogP contribution in [-0.2, 0) is 6.54 Å². The zero-order valence-electron chi connectivity index (χ0n) is 9.53. The van der Waals surface area contributed by atoms with Crippen LogP contribution < -0.4 is 10.6 Å².